The molecule has 0 amide bonds. The largest absolute Gasteiger partial charge is 0.422 e. The summed E-state index contributed by atoms with van der Waals surface area (Å²) in [5, 5.41) is 4.31. The van der Waals surface area contributed by atoms with Gasteiger partial charge in [-0.15, -0.1) is 0 Å². The van der Waals surface area contributed by atoms with Crippen LogP contribution in [0, 0.1) is 0 Å². The molecule has 1 aliphatic rings. The third-order valence-corrected chi connectivity index (χ3v) is 4.01. The van der Waals surface area contributed by atoms with Crippen LogP contribution in [0.25, 0.3) is 11.0 Å². The molecule has 1 aromatic carbocycles. The minimum absolute atomic E-state index is 0.296. The highest BCUT2D eigenvalue weighted by Crippen LogP contribution is 2.33. The van der Waals surface area contributed by atoms with E-state index in [0.29, 0.717) is 11.1 Å². The van der Waals surface area contributed by atoms with E-state index in [4.69, 9.17) is 9.15 Å². The summed E-state index contributed by atoms with van der Waals surface area (Å²) in [5.74, 6) is 0. The summed E-state index contributed by atoms with van der Waals surface area (Å²) in [4.78, 5) is 14.7. The van der Waals surface area contributed by atoms with Gasteiger partial charge in [0.1, 0.15) is 5.58 Å². The number of nitrogens with one attached hydrogen (secondary N) is 1. The number of rotatable bonds is 3. The second-order valence-electron chi connectivity index (χ2n) is 5.26. The molecule has 1 unspecified atom stereocenters. The van der Waals surface area contributed by atoms with E-state index in [9.17, 15) is 4.79 Å². The first-order valence-corrected chi connectivity index (χ1v) is 7.26. The smallest absolute Gasteiger partial charge is 0.344 e. The van der Waals surface area contributed by atoms with Crippen LogP contribution in [0.15, 0.2) is 33.5 Å². The molecule has 2 heterocycles. The van der Waals surface area contributed by atoms with Crippen molar-refractivity contribution >= 4 is 16.7 Å². The Bertz CT molecular complexity index is 689. The Balaban J connectivity index is 2.27. The Morgan fingerprint density at radius 2 is 2.00 bits per heavy atom. The molecule has 3 rings (SSSR count). The molecule has 0 spiro atoms. The summed E-state index contributed by atoms with van der Waals surface area (Å²) in [6.07, 6.45) is -0.296. The second-order valence-corrected chi connectivity index (χ2v) is 5.26. The van der Waals surface area contributed by atoms with Gasteiger partial charge in [-0.05, 0) is 19.1 Å². The minimum atomic E-state index is -0.309. The lowest BCUT2D eigenvalue weighted by Gasteiger charge is -2.32. The van der Waals surface area contributed by atoms with Crippen molar-refractivity contribution in [2.75, 3.05) is 38.2 Å². The standard InChI is InChI=1S/C16H20N2O3/c1-11(20-2)14-15(18-9-7-17-8-10-18)12-5-3-4-6-13(12)21-16(14)19/h3-6,11,17H,7-10H2,1-2H3. The highest BCUT2D eigenvalue weighted by Gasteiger charge is 2.24. The average molecular weight is 288 g/mol. The normalized spacial score (nSPS) is 17.1. The third-order valence-electron chi connectivity index (χ3n) is 4.01. The summed E-state index contributed by atoms with van der Waals surface area (Å²) in [5.41, 5.74) is 1.88. The fourth-order valence-electron chi connectivity index (χ4n) is 2.85. The van der Waals surface area contributed by atoms with Crippen molar-refractivity contribution in [3.63, 3.8) is 0 Å². The lowest BCUT2D eigenvalue weighted by Crippen LogP contribution is -2.44. The van der Waals surface area contributed by atoms with Gasteiger partial charge in [-0.25, -0.2) is 4.79 Å². The maximum absolute atomic E-state index is 12.4. The van der Waals surface area contributed by atoms with Crippen LogP contribution in [0.2, 0.25) is 0 Å². The maximum Gasteiger partial charge on any atom is 0.344 e. The summed E-state index contributed by atoms with van der Waals surface area (Å²) < 4.78 is 10.9. The molecule has 1 fully saturated rings. The summed E-state index contributed by atoms with van der Waals surface area (Å²) in [7, 11) is 1.61. The van der Waals surface area contributed by atoms with E-state index in [1.165, 1.54) is 0 Å². The highest BCUT2D eigenvalue weighted by atomic mass is 16.5. The van der Waals surface area contributed by atoms with Gasteiger partial charge in [0, 0.05) is 38.7 Å². The quantitative estimate of drug-likeness (QED) is 0.874. The van der Waals surface area contributed by atoms with Crippen molar-refractivity contribution < 1.29 is 9.15 Å². The van der Waals surface area contributed by atoms with Crippen LogP contribution in [0.4, 0.5) is 5.69 Å². The monoisotopic (exact) mass is 288 g/mol. The number of hydrogen-bond acceptors (Lipinski definition) is 5. The molecule has 2 aromatic rings. The minimum Gasteiger partial charge on any atom is -0.422 e. The lowest BCUT2D eigenvalue weighted by molar-refractivity contribution is 0.117. The first-order chi connectivity index (χ1) is 10.2. The second kappa shape index (κ2) is 5.87. The van der Waals surface area contributed by atoms with Gasteiger partial charge in [-0.2, -0.15) is 0 Å². The van der Waals surface area contributed by atoms with Gasteiger partial charge in [0.2, 0.25) is 0 Å². The molecule has 1 atom stereocenters. The predicted molar refractivity (Wildman–Crippen MR) is 83.0 cm³/mol. The van der Waals surface area contributed by atoms with Crippen molar-refractivity contribution in [3.8, 4) is 0 Å². The molecule has 0 saturated carbocycles. The van der Waals surface area contributed by atoms with E-state index in [1.54, 1.807) is 7.11 Å². The van der Waals surface area contributed by atoms with Gasteiger partial charge in [0.05, 0.1) is 17.4 Å². The Kier molecular flexibility index (Phi) is 3.94. The van der Waals surface area contributed by atoms with Crippen molar-refractivity contribution in [1.29, 1.82) is 0 Å². The van der Waals surface area contributed by atoms with E-state index in [-0.39, 0.29) is 11.7 Å². The highest BCUT2D eigenvalue weighted by molar-refractivity contribution is 5.92. The molecule has 1 saturated heterocycles. The van der Waals surface area contributed by atoms with Crippen LogP contribution >= 0.6 is 0 Å². The molecule has 1 N–H and O–H groups in total. The van der Waals surface area contributed by atoms with Gasteiger partial charge in [0.15, 0.2) is 0 Å². The summed E-state index contributed by atoms with van der Waals surface area (Å²) in [6.45, 7) is 5.45. The third kappa shape index (κ3) is 2.54. The molecule has 0 radical (unpaired) electrons. The number of para-hydroxylation sites is 1. The maximum atomic E-state index is 12.4. The molecule has 5 heteroatoms. The van der Waals surface area contributed by atoms with Crippen LogP contribution < -0.4 is 15.8 Å². The number of methoxy groups -OCH3 is 1. The van der Waals surface area contributed by atoms with Crippen LogP contribution in [0.1, 0.15) is 18.6 Å². The Labute approximate surface area is 123 Å². The Morgan fingerprint density at radius 3 is 2.71 bits per heavy atom. The van der Waals surface area contributed by atoms with E-state index in [2.05, 4.69) is 10.2 Å². The summed E-state index contributed by atoms with van der Waals surface area (Å²) >= 11 is 0. The van der Waals surface area contributed by atoms with E-state index in [0.717, 1.165) is 37.3 Å². The van der Waals surface area contributed by atoms with Crippen molar-refractivity contribution in [1.82, 2.24) is 5.32 Å². The first-order valence-electron chi connectivity index (χ1n) is 7.26. The van der Waals surface area contributed by atoms with Crippen molar-refractivity contribution in [3.05, 3.63) is 40.2 Å². The van der Waals surface area contributed by atoms with Crippen molar-refractivity contribution in [2.45, 2.75) is 13.0 Å². The molecular formula is C16H20N2O3. The Morgan fingerprint density at radius 1 is 1.29 bits per heavy atom. The molecule has 5 nitrogen and oxygen atoms in total. The zero-order valence-electron chi connectivity index (χ0n) is 12.4. The zero-order chi connectivity index (χ0) is 14.8. The molecule has 1 aromatic heterocycles. The predicted octanol–water partition coefficient (Wildman–Crippen LogP) is 1.91. The Hall–Kier alpha value is -1.85. The molecule has 1 aliphatic heterocycles. The number of fused-ring (bicyclic) bond motifs is 1. The van der Waals surface area contributed by atoms with Gasteiger partial charge in [-0.1, -0.05) is 12.1 Å². The SMILES string of the molecule is COC(C)c1c(N2CCNCC2)c2ccccc2oc1=O. The van der Waals surface area contributed by atoms with Crippen LogP contribution in [-0.2, 0) is 4.74 Å². The lowest BCUT2D eigenvalue weighted by atomic mass is 10.0. The molecule has 112 valence electrons. The number of anilines is 1. The van der Waals surface area contributed by atoms with E-state index >= 15 is 0 Å². The fourth-order valence-corrected chi connectivity index (χ4v) is 2.85. The summed E-state index contributed by atoms with van der Waals surface area (Å²) in [6, 6.07) is 7.69. The molecule has 0 bridgehead atoms. The zero-order valence-corrected chi connectivity index (χ0v) is 12.4. The number of hydrogen-bond donors (Lipinski definition) is 1. The number of ether oxygens (including phenoxy) is 1. The van der Waals surface area contributed by atoms with Crippen LogP contribution in [0.3, 0.4) is 0 Å². The number of benzene rings is 1. The fraction of sp³-hybridized carbons (Fsp3) is 0.438. The molecular weight excluding hydrogens is 268 g/mol. The van der Waals surface area contributed by atoms with Gasteiger partial charge in [-0.3, -0.25) is 0 Å². The van der Waals surface area contributed by atoms with Crippen LogP contribution in [-0.4, -0.2) is 33.3 Å². The first kappa shape index (κ1) is 14.1. The van der Waals surface area contributed by atoms with E-state index < -0.39 is 0 Å². The number of nitrogens with zero attached hydrogens (tertiary/aromatic N) is 1. The van der Waals surface area contributed by atoms with Gasteiger partial charge in [0.25, 0.3) is 0 Å². The average Bonchev–Trinajstić information content (AvgIpc) is 2.53. The van der Waals surface area contributed by atoms with E-state index in [1.807, 2.05) is 31.2 Å². The molecule has 0 aliphatic carbocycles. The van der Waals surface area contributed by atoms with Gasteiger partial charge >= 0.3 is 5.63 Å². The topological polar surface area (TPSA) is 54.7 Å². The molecule has 21 heavy (non-hydrogen) atoms. The number of piperazine rings is 1. The van der Waals surface area contributed by atoms with Gasteiger partial charge < -0.3 is 19.4 Å². The van der Waals surface area contributed by atoms with Crippen LogP contribution in [0.5, 0.6) is 0 Å². The van der Waals surface area contributed by atoms with Crippen molar-refractivity contribution in [2.24, 2.45) is 0 Å².